The summed E-state index contributed by atoms with van der Waals surface area (Å²) >= 11 is 0. The molecule has 3 aliphatic rings. The molecule has 2 unspecified atom stereocenters. The first kappa shape index (κ1) is 31.6. The maximum absolute atomic E-state index is 2.54. The Labute approximate surface area is 313 Å². The van der Waals surface area contributed by atoms with Gasteiger partial charge in [-0.1, -0.05) is 135 Å². The molecule has 2 atom stereocenters. The molecule has 0 N–H and O–H groups in total. The van der Waals surface area contributed by atoms with Crippen molar-refractivity contribution in [1.29, 1.82) is 0 Å². The first-order valence-electron chi connectivity index (χ1n) is 19.0. The number of benzene rings is 7. The van der Waals surface area contributed by atoms with E-state index in [9.17, 15) is 0 Å². The Kier molecular flexibility index (Phi) is 7.47. The Hall–Kier alpha value is -6.12. The van der Waals surface area contributed by atoms with Crippen LogP contribution in [0.5, 0.6) is 0 Å². The van der Waals surface area contributed by atoms with E-state index in [1.807, 2.05) is 0 Å². The summed E-state index contributed by atoms with van der Waals surface area (Å²) in [6.07, 6.45) is 7.11. The van der Waals surface area contributed by atoms with Crippen LogP contribution in [0.15, 0.2) is 182 Å². The predicted molar refractivity (Wildman–Crippen MR) is 223 cm³/mol. The highest BCUT2D eigenvalue weighted by atomic mass is 15.2. The van der Waals surface area contributed by atoms with Crippen molar-refractivity contribution in [2.24, 2.45) is 0 Å². The van der Waals surface area contributed by atoms with Crippen LogP contribution < -0.4 is 9.80 Å². The second-order valence-corrected chi connectivity index (χ2v) is 15.3. The van der Waals surface area contributed by atoms with Crippen molar-refractivity contribution in [2.75, 3.05) is 9.80 Å². The summed E-state index contributed by atoms with van der Waals surface area (Å²) in [5.41, 5.74) is 17.8. The van der Waals surface area contributed by atoms with Gasteiger partial charge < -0.3 is 9.80 Å². The van der Waals surface area contributed by atoms with Crippen LogP contribution in [0.2, 0.25) is 0 Å². The standard InChI is InChI=1S/C51H42N2/c1-51(2)47-19-11-9-17-43(47)44-31-30-42(34-48(44)51)52(40-26-21-36(22-27-40)35-13-5-3-6-14-35)41-28-23-37(24-29-41)38-25-32-50-46(33-38)45-18-10-12-20-49(45)53(50)39-15-7-4-8-16-39/h3-9,11-17,19-34,45,49H,10,18H2,1-2H3. The van der Waals surface area contributed by atoms with Crippen molar-refractivity contribution < 1.29 is 0 Å². The minimum atomic E-state index is -0.0780. The number of nitrogens with zero attached hydrogens (tertiary/aromatic N) is 2. The molecular weight excluding hydrogens is 641 g/mol. The van der Waals surface area contributed by atoms with Crippen LogP contribution in [-0.2, 0) is 5.41 Å². The van der Waals surface area contributed by atoms with Gasteiger partial charge in [-0.15, -0.1) is 0 Å². The number of rotatable bonds is 6. The van der Waals surface area contributed by atoms with Gasteiger partial charge in [-0.25, -0.2) is 0 Å². The van der Waals surface area contributed by atoms with Gasteiger partial charge in [-0.2, -0.15) is 0 Å². The Balaban J connectivity index is 1.04. The van der Waals surface area contributed by atoms with Gasteiger partial charge in [0.2, 0.25) is 0 Å². The Morgan fingerprint density at radius 3 is 1.85 bits per heavy atom. The van der Waals surface area contributed by atoms with Gasteiger partial charge in [0.05, 0.1) is 6.04 Å². The fourth-order valence-electron chi connectivity index (χ4n) is 9.25. The summed E-state index contributed by atoms with van der Waals surface area (Å²) in [6.45, 7) is 4.72. The molecule has 0 saturated heterocycles. The fourth-order valence-corrected chi connectivity index (χ4v) is 9.25. The van der Waals surface area contributed by atoms with E-state index in [1.54, 1.807) is 0 Å². The number of para-hydroxylation sites is 1. The predicted octanol–water partition coefficient (Wildman–Crippen LogP) is 13.8. The average Bonchev–Trinajstić information content (AvgIpc) is 3.67. The largest absolute Gasteiger partial charge is 0.334 e. The second kappa shape index (κ2) is 12.5. The molecule has 1 aliphatic heterocycles. The van der Waals surface area contributed by atoms with Gasteiger partial charge >= 0.3 is 0 Å². The number of hydrogen-bond donors (Lipinski definition) is 0. The Morgan fingerprint density at radius 2 is 1.11 bits per heavy atom. The van der Waals surface area contributed by atoms with Crippen LogP contribution in [0, 0.1) is 0 Å². The molecule has 0 bridgehead atoms. The molecule has 256 valence electrons. The summed E-state index contributed by atoms with van der Waals surface area (Å²) in [4.78, 5) is 4.96. The molecule has 0 radical (unpaired) electrons. The lowest BCUT2D eigenvalue weighted by molar-refractivity contribution is 0.573. The van der Waals surface area contributed by atoms with Gasteiger partial charge in [-0.05, 0) is 124 Å². The zero-order valence-electron chi connectivity index (χ0n) is 30.3. The number of allylic oxidation sites excluding steroid dienone is 1. The SMILES string of the molecule is CC1(C)c2ccccc2-c2ccc(N(c3ccc(-c4ccccc4)cc3)c3ccc(-c4ccc5c(c4)C4CCC=CC4N5c4ccccc4)cc3)cc21. The van der Waals surface area contributed by atoms with Crippen LogP contribution in [0.25, 0.3) is 33.4 Å². The monoisotopic (exact) mass is 682 g/mol. The first-order valence-corrected chi connectivity index (χ1v) is 19.0. The van der Waals surface area contributed by atoms with E-state index in [0.717, 1.165) is 17.8 Å². The van der Waals surface area contributed by atoms with Gasteiger partial charge in [0.15, 0.2) is 0 Å². The van der Waals surface area contributed by atoms with E-state index >= 15 is 0 Å². The Morgan fingerprint density at radius 1 is 0.528 bits per heavy atom. The first-order chi connectivity index (χ1) is 26.0. The summed E-state index contributed by atoms with van der Waals surface area (Å²) in [5.74, 6) is 0.499. The molecule has 0 amide bonds. The van der Waals surface area contributed by atoms with E-state index in [2.05, 4.69) is 206 Å². The zero-order valence-corrected chi connectivity index (χ0v) is 30.3. The van der Waals surface area contributed by atoms with Crippen LogP contribution in [0.4, 0.5) is 28.4 Å². The van der Waals surface area contributed by atoms with Crippen molar-refractivity contribution in [2.45, 2.75) is 44.1 Å². The minimum Gasteiger partial charge on any atom is -0.334 e. The summed E-state index contributed by atoms with van der Waals surface area (Å²) in [7, 11) is 0. The third-order valence-corrected chi connectivity index (χ3v) is 11.9. The highest BCUT2D eigenvalue weighted by Gasteiger charge is 2.39. The van der Waals surface area contributed by atoms with Crippen molar-refractivity contribution in [3.63, 3.8) is 0 Å². The minimum absolute atomic E-state index is 0.0780. The fraction of sp³-hybridized carbons (Fsp3) is 0.137. The molecular formula is C51H42N2. The number of hydrogen-bond acceptors (Lipinski definition) is 2. The normalized spacial score (nSPS) is 17.5. The molecule has 1 heterocycles. The molecule has 53 heavy (non-hydrogen) atoms. The molecule has 0 spiro atoms. The molecule has 7 aromatic carbocycles. The van der Waals surface area contributed by atoms with Crippen LogP contribution in [-0.4, -0.2) is 6.04 Å². The maximum Gasteiger partial charge on any atom is 0.0591 e. The van der Waals surface area contributed by atoms with Crippen LogP contribution >= 0.6 is 0 Å². The lowest BCUT2D eigenvalue weighted by Gasteiger charge is -2.30. The number of anilines is 5. The van der Waals surface area contributed by atoms with Gasteiger partial charge in [0.25, 0.3) is 0 Å². The van der Waals surface area contributed by atoms with Crippen molar-refractivity contribution >= 4 is 28.4 Å². The highest BCUT2D eigenvalue weighted by molar-refractivity contribution is 5.87. The molecule has 2 heteroatoms. The van der Waals surface area contributed by atoms with Crippen molar-refractivity contribution in [3.05, 3.63) is 199 Å². The summed E-state index contributed by atoms with van der Waals surface area (Å²) < 4.78 is 0. The Bertz CT molecular complexity index is 2480. The molecule has 0 aromatic heterocycles. The molecule has 2 nitrogen and oxygen atoms in total. The molecule has 2 aliphatic carbocycles. The topological polar surface area (TPSA) is 6.48 Å². The van der Waals surface area contributed by atoms with Crippen molar-refractivity contribution in [1.82, 2.24) is 0 Å². The van der Waals surface area contributed by atoms with Gasteiger partial charge in [-0.3, -0.25) is 0 Å². The maximum atomic E-state index is 2.54. The third kappa shape index (κ3) is 5.24. The van der Waals surface area contributed by atoms with E-state index in [0.29, 0.717) is 12.0 Å². The van der Waals surface area contributed by atoms with Crippen molar-refractivity contribution in [3.8, 4) is 33.4 Å². The van der Waals surface area contributed by atoms with Crippen LogP contribution in [0.3, 0.4) is 0 Å². The zero-order chi connectivity index (χ0) is 35.5. The van der Waals surface area contributed by atoms with Crippen LogP contribution in [0.1, 0.15) is 49.3 Å². The molecule has 7 aromatic rings. The van der Waals surface area contributed by atoms with E-state index in [4.69, 9.17) is 0 Å². The summed E-state index contributed by atoms with van der Waals surface area (Å²) in [6, 6.07) is 63.1. The molecule has 0 saturated carbocycles. The van der Waals surface area contributed by atoms with E-state index < -0.39 is 0 Å². The second-order valence-electron chi connectivity index (χ2n) is 15.3. The quantitative estimate of drug-likeness (QED) is 0.161. The number of fused-ring (bicyclic) bond motifs is 6. The average molecular weight is 683 g/mol. The smallest absolute Gasteiger partial charge is 0.0591 e. The molecule has 10 rings (SSSR count). The molecule has 0 fully saturated rings. The van der Waals surface area contributed by atoms with E-state index in [-0.39, 0.29) is 5.41 Å². The highest BCUT2D eigenvalue weighted by Crippen LogP contribution is 2.52. The third-order valence-electron chi connectivity index (χ3n) is 11.9. The van der Waals surface area contributed by atoms with Gasteiger partial charge in [0, 0.05) is 39.8 Å². The lowest BCUT2D eigenvalue weighted by Crippen LogP contribution is -2.29. The van der Waals surface area contributed by atoms with E-state index in [1.165, 1.54) is 73.6 Å². The van der Waals surface area contributed by atoms with Gasteiger partial charge in [0.1, 0.15) is 0 Å². The summed E-state index contributed by atoms with van der Waals surface area (Å²) in [5, 5.41) is 0. The lowest BCUT2D eigenvalue weighted by atomic mass is 9.82.